The molecule has 4 fully saturated rings. The number of fused-ring (bicyclic) bond motifs is 5. The Morgan fingerprint density at radius 1 is 0.724 bits per heavy atom. The van der Waals surface area contributed by atoms with Gasteiger partial charge in [-0.25, -0.2) is 0 Å². The van der Waals surface area contributed by atoms with Crippen LogP contribution in [0.3, 0.4) is 0 Å². The van der Waals surface area contributed by atoms with E-state index < -0.39 is 6.10 Å². The minimum Gasteiger partial charge on any atom is -0.466 e. The zero-order chi connectivity index (χ0) is 40.9. The molecule has 0 aromatic heterocycles. The van der Waals surface area contributed by atoms with Crippen LogP contribution < -0.4 is 0 Å². The van der Waals surface area contributed by atoms with Gasteiger partial charge in [-0.2, -0.15) is 0 Å². The average molecular weight is 793 g/mol. The summed E-state index contributed by atoms with van der Waals surface area (Å²) in [5.41, 5.74) is 3.14. The molecule has 7 rings (SSSR count). The van der Waals surface area contributed by atoms with Crippen molar-refractivity contribution in [2.75, 3.05) is 6.61 Å². The van der Waals surface area contributed by atoms with Gasteiger partial charge in [-0.15, -0.1) is 0 Å². The molecule has 4 saturated carbocycles. The first-order valence-electron chi connectivity index (χ1n) is 22.8. The molecule has 3 aromatic rings. The number of hydrogen-bond acceptors (Lipinski definition) is 6. The molecule has 0 radical (unpaired) electrons. The van der Waals surface area contributed by atoms with Gasteiger partial charge in [-0.3, -0.25) is 4.79 Å². The van der Waals surface area contributed by atoms with Gasteiger partial charge >= 0.3 is 5.97 Å². The van der Waals surface area contributed by atoms with E-state index in [4.69, 9.17) is 18.9 Å². The molecule has 4 aliphatic rings. The lowest BCUT2D eigenvalue weighted by Crippen LogP contribution is -2.74. The summed E-state index contributed by atoms with van der Waals surface area (Å²) in [5.74, 6) is 1.73. The highest BCUT2D eigenvalue weighted by Crippen LogP contribution is 2.72. The number of rotatable bonds is 17. The van der Waals surface area contributed by atoms with Gasteiger partial charge in [0.25, 0.3) is 0 Å². The third kappa shape index (κ3) is 8.74. The van der Waals surface area contributed by atoms with Gasteiger partial charge in [0.1, 0.15) is 0 Å². The fourth-order valence-electron chi connectivity index (χ4n) is 13.0. The number of esters is 1. The topological polar surface area (TPSA) is 74.2 Å². The molecule has 0 aliphatic heterocycles. The predicted molar refractivity (Wildman–Crippen MR) is 230 cm³/mol. The molecule has 316 valence electrons. The molecule has 1 N–H and O–H groups in total. The second-order valence-electron chi connectivity index (χ2n) is 19.6. The molecule has 0 heterocycles. The van der Waals surface area contributed by atoms with Gasteiger partial charge in [0, 0.05) is 18.3 Å². The number of carbonyl (C=O) groups excluding carboxylic acids is 1. The molecular formula is C52H72O6. The molecule has 0 spiro atoms. The van der Waals surface area contributed by atoms with Crippen LogP contribution in [-0.2, 0) is 43.6 Å². The molecular weight excluding hydrogens is 721 g/mol. The lowest BCUT2D eigenvalue weighted by Gasteiger charge is -2.70. The standard InChI is InChI=1S/C52H72O6/c1-36(2)42(27-31-55-38(4)53)32-46(54)37(3)43-25-26-44-47-49(57-34-40-20-12-8-13-21-40)48(56-33-39-18-10-7-11-19-39)45-24-16-17-28-51(45,6)52(47,30-29-50(43,44)5)58-35-41-22-14-9-15-23-41/h7-15,18-23,36-37,42-49,54H,16-17,24-35H2,1-6H3. The van der Waals surface area contributed by atoms with Crippen molar-refractivity contribution >= 4 is 5.97 Å². The Kier molecular flexibility index (Phi) is 13.9. The van der Waals surface area contributed by atoms with Crippen LogP contribution >= 0.6 is 0 Å². The van der Waals surface area contributed by atoms with Gasteiger partial charge in [0.2, 0.25) is 0 Å². The second-order valence-corrected chi connectivity index (χ2v) is 19.6. The molecule has 4 aliphatic carbocycles. The first-order valence-corrected chi connectivity index (χ1v) is 22.8. The van der Waals surface area contributed by atoms with Crippen molar-refractivity contribution < 1.29 is 28.8 Å². The van der Waals surface area contributed by atoms with Crippen molar-refractivity contribution in [1.29, 1.82) is 0 Å². The molecule has 6 heteroatoms. The van der Waals surface area contributed by atoms with E-state index in [-0.39, 0.29) is 52.4 Å². The monoisotopic (exact) mass is 793 g/mol. The summed E-state index contributed by atoms with van der Waals surface area (Å²) >= 11 is 0. The maximum atomic E-state index is 12.1. The highest BCUT2D eigenvalue weighted by molar-refractivity contribution is 5.65. The van der Waals surface area contributed by atoms with Crippen molar-refractivity contribution in [3.8, 4) is 0 Å². The lowest BCUT2D eigenvalue weighted by atomic mass is 9.40. The van der Waals surface area contributed by atoms with E-state index in [1.54, 1.807) is 0 Å². The average Bonchev–Trinajstić information content (AvgIpc) is 3.58. The van der Waals surface area contributed by atoms with Crippen LogP contribution in [0.1, 0.15) is 122 Å². The van der Waals surface area contributed by atoms with Crippen LogP contribution in [0.25, 0.3) is 0 Å². The molecule has 12 unspecified atom stereocenters. The Bertz CT molecular complexity index is 1730. The van der Waals surface area contributed by atoms with E-state index in [0.29, 0.717) is 50.1 Å². The van der Waals surface area contributed by atoms with E-state index in [0.717, 1.165) is 51.4 Å². The third-order valence-electron chi connectivity index (χ3n) is 16.2. The highest BCUT2D eigenvalue weighted by atomic mass is 16.5. The summed E-state index contributed by atoms with van der Waals surface area (Å²) in [6, 6.07) is 32.1. The minimum absolute atomic E-state index is 0.00589. The SMILES string of the molecule is CC(=O)OCCC(CC(O)C(C)C1CCC2C3C(OCc4ccccc4)C(OCc4ccccc4)C4CCCCC4(C)C3(OCc3ccccc3)CCC12C)C(C)C. The zero-order valence-corrected chi connectivity index (χ0v) is 36.3. The smallest absolute Gasteiger partial charge is 0.302 e. The zero-order valence-electron chi connectivity index (χ0n) is 36.3. The van der Waals surface area contributed by atoms with Crippen molar-refractivity contribution in [2.45, 2.75) is 149 Å². The van der Waals surface area contributed by atoms with Crippen LogP contribution in [0.4, 0.5) is 0 Å². The third-order valence-corrected chi connectivity index (χ3v) is 16.2. The highest BCUT2D eigenvalue weighted by Gasteiger charge is 2.73. The number of benzene rings is 3. The number of aliphatic hydroxyl groups excluding tert-OH is 1. The quantitative estimate of drug-likeness (QED) is 0.137. The van der Waals surface area contributed by atoms with Gasteiger partial charge in [0.05, 0.1) is 50.3 Å². The van der Waals surface area contributed by atoms with E-state index >= 15 is 0 Å². The van der Waals surface area contributed by atoms with Gasteiger partial charge in [-0.05, 0) is 109 Å². The number of aliphatic hydroxyl groups is 1. The van der Waals surface area contributed by atoms with Gasteiger partial charge < -0.3 is 24.1 Å². The molecule has 6 nitrogen and oxygen atoms in total. The van der Waals surface area contributed by atoms with Crippen LogP contribution in [0, 0.1) is 52.3 Å². The molecule has 12 atom stereocenters. The number of carbonyl (C=O) groups is 1. The number of ether oxygens (including phenoxy) is 4. The minimum atomic E-state index is -0.426. The van der Waals surface area contributed by atoms with Crippen molar-refractivity contribution in [3.63, 3.8) is 0 Å². The van der Waals surface area contributed by atoms with Crippen LogP contribution in [0.15, 0.2) is 91.0 Å². The summed E-state index contributed by atoms with van der Waals surface area (Å²) in [7, 11) is 0. The van der Waals surface area contributed by atoms with Gasteiger partial charge in [-0.1, -0.05) is 138 Å². The van der Waals surface area contributed by atoms with Crippen molar-refractivity contribution in [1.82, 2.24) is 0 Å². The molecule has 0 amide bonds. The summed E-state index contributed by atoms with van der Waals surface area (Å²) < 4.78 is 27.9. The Morgan fingerprint density at radius 3 is 1.90 bits per heavy atom. The molecule has 3 aromatic carbocycles. The number of hydrogen-bond donors (Lipinski definition) is 1. The van der Waals surface area contributed by atoms with E-state index in [9.17, 15) is 9.90 Å². The van der Waals surface area contributed by atoms with E-state index in [2.05, 4.69) is 126 Å². The lowest BCUT2D eigenvalue weighted by molar-refractivity contribution is -0.327. The predicted octanol–water partition coefficient (Wildman–Crippen LogP) is 11.4. The fraction of sp³-hybridized carbons (Fsp3) is 0.635. The van der Waals surface area contributed by atoms with Crippen LogP contribution in [-0.4, -0.2) is 41.6 Å². The van der Waals surface area contributed by atoms with Crippen molar-refractivity contribution in [2.24, 2.45) is 52.3 Å². The maximum absolute atomic E-state index is 12.1. The van der Waals surface area contributed by atoms with Crippen LogP contribution in [0.5, 0.6) is 0 Å². The Balaban J connectivity index is 1.27. The molecule has 58 heavy (non-hydrogen) atoms. The summed E-state index contributed by atoms with van der Waals surface area (Å²) in [5, 5.41) is 12.1. The van der Waals surface area contributed by atoms with Gasteiger partial charge in [0.15, 0.2) is 0 Å². The largest absolute Gasteiger partial charge is 0.466 e. The second kappa shape index (κ2) is 18.7. The maximum Gasteiger partial charge on any atom is 0.302 e. The first kappa shape index (κ1) is 43.1. The summed E-state index contributed by atoms with van der Waals surface area (Å²) in [4.78, 5) is 11.6. The summed E-state index contributed by atoms with van der Waals surface area (Å²) in [6.45, 7) is 15.5. The molecule has 0 saturated heterocycles. The first-order chi connectivity index (χ1) is 28.0. The molecule has 0 bridgehead atoms. The fourth-order valence-corrected chi connectivity index (χ4v) is 13.0. The Morgan fingerprint density at radius 2 is 1.31 bits per heavy atom. The van der Waals surface area contributed by atoms with Crippen molar-refractivity contribution in [3.05, 3.63) is 108 Å². The Hall–Kier alpha value is -3.03. The van der Waals surface area contributed by atoms with E-state index in [1.807, 2.05) is 0 Å². The van der Waals surface area contributed by atoms with E-state index in [1.165, 1.54) is 36.5 Å². The van der Waals surface area contributed by atoms with Crippen LogP contribution in [0.2, 0.25) is 0 Å². The normalized spacial score (nSPS) is 33.4. The Labute approximate surface area is 349 Å². The summed E-state index contributed by atoms with van der Waals surface area (Å²) in [6.07, 6.45) is 9.76.